The first-order chi connectivity index (χ1) is 20.6. The topological polar surface area (TPSA) is 186 Å². The molecule has 1 fully saturated rings. The van der Waals surface area contributed by atoms with E-state index in [1.165, 1.54) is 0 Å². The minimum Gasteiger partial charge on any atom is -0.393 e. The van der Waals surface area contributed by atoms with Gasteiger partial charge in [0.15, 0.2) is 0 Å². The van der Waals surface area contributed by atoms with Crippen molar-refractivity contribution in [2.45, 2.75) is 50.8 Å². The molecule has 228 valence electrons. The zero-order valence-electron chi connectivity index (χ0n) is 23.9. The summed E-state index contributed by atoms with van der Waals surface area (Å²) >= 11 is 0. The molecule has 4 rings (SSSR count). The highest BCUT2D eigenvalue weighted by Gasteiger charge is 2.20. The molecule has 7 N–H and O–H groups in total. The van der Waals surface area contributed by atoms with Gasteiger partial charge in [0.2, 0.25) is 17.8 Å². The number of imidazole rings is 1. The summed E-state index contributed by atoms with van der Waals surface area (Å²) in [4.78, 5) is 30.5. The van der Waals surface area contributed by atoms with E-state index < -0.39 is 0 Å². The van der Waals surface area contributed by atoms with Gasteiger partial charge >= 0.3 is 0 Å². The Morgan fingerprint density at radius 2 is 1.79 bits per heavy atom. The van der Waals surface area contributed by atoms with Crippen molar-refractivity contribution in [3.8, 4) is 0 Å². The Kier molecular flexibility index (Phi) is 12.7. The van der Waals surface area contributed by atoms with Gasteiger partial charge in [0.1, 0.15) is 0 Å². The molecule has 1 aliphatic carbocycles. The van der Waals surface area contributed by atoms with E-state index in [4.69, 9.17) is 15.2 Å². The lowest BCUT2D eigenvalue weighted by Gasteiger charge is -2.26. The molecule has 1 aliphatic rings. The molecule has 14 nitrogen and oxygen atoms in total. The number of nitrogens with one attached hydrogen (secondary N) is 4. The summed E-state index contributed by atoms with van der Waals surface area (Å²) in [6.45, 7) is 4.15. The molecule has 0 radical (unpaired) electrons. The van der Waals surface area contributed by atoms with Gasteiger partial charge in [-0.25, -0.2) is 4.98 Å². The third kappa shape index (κ3) is 10.9. The van der Waals surface area contributed by atoms with Gasteiger partial charge in [-0.1, -0.05) is 6.07 Å². The van der Waals surface area contributed by atoms with Crippen LogP contribution in [0.3, 0.4) is 0 Å². The van der Waals surface area contributed by atoms with Crippen LogP contribution in [0.25, 0.3) is 0 Å². The van der Waals surface area contributed by atoms with E-state index in [1.54, 1.807) is 30.7 Å². The van der Waals surface area contributed by atoms with E-state index in [1.807, 2.05) is 16.8 Å². The maximum atomic E-state index is 12.7. The van der Waals surface area contributed by atoms with Crippen LogP contribution in [0.15, 0.2) is 43.0 Å². The van der Waals surface area contributed by atoms with E-state index in [9.17, 15) is 9.90 Å². The second-order valence-corrected chi connectivity index (χ2v) is 10.0. The number of carbonyl (C=O) groups is 1. The lowest BCUT2D eigenvalue weighted by atomic mass is 9.93. The van der Waals surface area contributed by atoms with Gasteiger partial charge in [-0.3, -0.25) is 4.79 Å². The van der Waals surface area contributed by atoms with E-state index in [0.717, 1.165) is 38.6 Å². The van der Waals surface area contributed by atoms with Crippen LogP contribution in [0, 0.1) is 0 Å². The van der Waals surface area contributed by atoms with Gasteiger partial charge in [0.05, 0.1) is 38.9 Å². The third-order valence-electron chi connectivity index (χ3n) is 6.65. The first-order valence-corrected chi connectivity index (χ1v) is 14.5. The number of aliphatic hydroxyl groups is 1. The molecule has 0 aliphatic heterocycles. The van der Waals surface area contributed by atoms with Crippen molar-refractivity contribution in [2.24, 2.45) is 5.73 Å². The molecule has 14 heteroatoms. The smallest absolute Gasteiger partial charge is 0.251 e. The number of benzene rings is 1. The quantitative estimate of drug-likeness (QED) is 0.120. The second-order valence-electron chi connectivity index (χ2n) is 10.0. The van der Waals surface area contributed by atoms with Crippen LogP contribution >= 0.6 is 0 Å². The highest BCUT2D eigenvalue weighted by atomic mass is 16.5. The number of aliphatic hydroxyl groups excluding tert-OH is 1. The monoisotopic (exact) mass is 582 g/mol. The molecule has 0 spiro atoms. The van der Waals surface area contributed by atoms with Gasteiger partial charge < -0.3 is 46.1 Å². The summed E-state index contributed by atoms with van der Waals surface area (Å²) in [6, 6.07) is 7.30. The summed E-state index contributed by atoms with van der Waals surface area (Å²) in [5.41, 5.74) is 6.54. The molecule has 1 amide bonds. The van der Waals surface area contributed by atoms with Crippen molar-refractivity contribution in [1.82, 2.24) is 29.8 Å². The van der Waals surface area contributed by atoms with Crippen molar-refractivity contribution in [3.05, 3.63) is 48.5 Å². The normalized spacial score (nSPS) is 16.6. The van der Waals surface area contributed by atoms with Crippen LogP contribution in [0.2, 0.25) is 0 Å². The van der Waals surface area contributed by atoms with E-state index >= 15 is 0 Å². The highest BCUT2D eigenvalue weighted by Crippen LogP contribution is 2.23. The number of hydrogen-bond acceptors (Lipinski definition) is 12. The summed E-state index contributed by atoms with van der Waals surface area (Å²) in [5.74, 6) is 1.04. The van der Waals surface area contributed by atoms with Gasteiger partial charge in [-0.05, 0) is 50.3 Å². The molecule has 42 heavy (non-hydrogen) atoms. The summed E-state index contributed by atoms with van der Waals surface area (Å²) in [7, 11) is 0. The molecule has 0 bridgehead atoms. The van der Waals surface area contributed by atoms with Gasteiger partial charge in [-0.2, -0.15) is 15.0 Å². The van der Waals surface area contributed by atoms with Crippen molar-refractivity contribution in [2.75, 3.05) is 62.0 Å². The second kappa shape index (κ2) is 17.2. The van der Waals surface area contributed by atoms with Crippen molar-refractivity contribution in [3.63, 3.8) is 0 Å². The molecule has 3 aromatic rings. The number of amides is 1. The Morgan fingerprint density at radius 3 is 2.57 bits per heavy atom. The zero-order valence-corrected chi connectivity index (χ0v) is 23.9. The molecular formula is C28H42N10O4. The Morgan fingerprint density at radius 1 is 1.00 bits per heavy atom. The van der Waals surface area contributed by atoms with Gasteiger partial charge in [-0.15, -0.1) is 0 Å². The standard InChI is InChI=1S/C28H42N10O4/c29-9-15-41-17-18-42-16-12-31-25(40)21-3-1-4-23(19-21)34-28-36-26(32-10-2-13-38-14-11-30-20-38)35-27(37-28)33-22-5-7-24(39)8-6-22/h1,3-4,11,14,19-20,22,24,39H,2,5-10,12-13,15-18,29H2,(H,31,40)(H3,32,33,34,35,36,37). The minimum absolute atomic E-state index is 0.173. The number of nitrogens with zero attached hydrogens (tertiary/aromatic N) is 5. The highest BCUT2D eigenvalue weighted by molar-refractivity contribution is 5.95. The largest absolute Gasteiger partial charge is 0.393 e. The molecule has 0 unspecified atom stereocenters. The Hall–Kier alpha value is -3.85. The molecule has 0 atom stereocenters. The number of aryl methyl sites for hydroxylation is 1. The first kappa shape index (κ1) is 31.1. The van der Waals surface area contributed by atoms with Crippen LogP contribution in [-0.2, 0) is 16.0 Å². The fourth-order valence-electron chi connectivity index (χ4n) is 4.47. The van der Waals surface area contributed by atoms with Crippen LogP contribution in [0.4, 0.5) is 23.5 Å². The van der Waals surface area contributed by atoms with Gasteiger partial charge in [0.25, 0.3) is 5.91 Å². The van der Waals surface area contributed by atoms with Crippen LogP contribution in [-0.4, -0.2) is 93.7 Å². The number of anilines is 4. The zero-order chi connectivity index (χ0) is 29.4. The molecule has 1 aromatic carbocycles. The lowest BCUT2D eigenvalue weighted by Crippen LogP contribution is -2.29. The SMILES string of the molecule is NCCOCCOCCNC(=O)c1cccc(Nc2nc(NCCCn3ccnc3)nc(NC3CCC(O)CC3)n2)c1. The van der Waals surface area contributed by atoms with E-state index in [0.29, 0.717) is 75.2 Å². The van der Waals surface area contributed by atoms with Crippen molar-refractivity contribution in [1.29, 1.82) is 0 Å². The first-order valence-electron chi connectivity index (χ1n) is 14.5. The van der Waals surface area contributed by atoms with Crippen LogP contribution in [0.5, 0.6) is 0 Å². The predicted molar refractivity (Wildman–Crippen MR) is 160 cm³/mol. The molecule has 2 heterocycles. The van der Waals surface area contributed by atoms with E-state index in [-0.39, 0.29) is 18.1 Å². The number of rotatable bonds is 18. The number of hydrogen-bond donors (Lipinski definition) is 6. The summed E-state index contributed by atoms with van der Waals surface area (Å²) < 4.78 is 12.7. The number of nitrogens with two attached hydrogens (primary N) is 1. The summed E-state index contributed by atoms with van der Waals surface area (Å²) in [6.07, 6.45) is 9.27. The molecule has 2 aromatic heterocycles. The number of ether oxygens (including phenoxy) is 2. The van der Waals surface area contributed by atoms with Gasteiger partial charge in [0, 0.05) is 55.9 Å². The fraction of sp³-hybridized carbons (Fsp3) is 0.536. The Labute approximate surface area is 245 Å². The van der Waals surface area contributed by atoms with Crippen molar-refractivity contribution >= 4 is 29.4 Å². The van der Waals surface area contributed by atoms with E-state index in [2.05, 4.69) is 41.2 Å². The molecule has 1 saturated carbocycles. The average molecular weight is 583 g/mol. The lowest BCUT2D eigenvalue weighted by molar-refractivity contribution is 0.0511. The third-order valence-corrected chi connectivity index (χ3v) is 6.65. The minimum atomic E-state index is -0.246. The fourth-order valence-corrected chi connectivity index (χ4v) is 4.47. The maximum absolute atomic E-state index is 12.7. The van der Waals surface area contributed by atoms with Crippen molar-refractivity contribution < 1.29 is 19.4 Å². The molecular weight excluding hydrogens is 540 g/mol. The maximum Gasteiger partial charge on any atom is 0.251 e. The van der Waals surface area contributed by atoms with Crippen LogP contribution in [0.1, 0.15) is 42.5 Å². The predicted octanol–water partition coefficient (Wildman–Crippen LogP) is 1.75. The Balaban J connectivity index is 1.34. The average Bonchev–Trinajstić information content (AvgIpc) is 3.52. The van der Waals surface area contributed by atoms with Crippen LogP contribution < -0.4 is 27.0 Å². The number of carbonyl (C=O) groups excluding carboxylic acids is 1. The Bertz CT molecular complexity index is 1210. The summed E-state index contributed by atoms with van der Waals surface area (Å²) in [5, 5.41) is 22.6. The molecule has 0 saturated heterocycles. The number of aromatic nitrogens is 5.